The van der Waals surface area contributed by atoms with Crippen LogP contribution in [0.5, 0.6) is 0 Å². The number of anilines is 4. The average molecular weight is 593 g/mol. The lowest BCUT2D eigenvalue weighted by Crippen LogP contribution is -2.46. The van der Waals surface area contributed by atoms with Crippen LogP contribution in [0.15, 0.2) is 99.6 Å². The van der Waals surface area contributed by atoms with E-state index in [0.717, 1.165) is 13.7 Å². The number of nitrogens with one attached hydrogen (secondary N) is 1. The lowest BCUT2D eigenvalue weighted by Gasteiger charge is -2.60. The molecule has 0 saturated carbocycles. The van der Waals surface area contributed by atoms with Gasteiger partial charge >= 0.3 is 0 Å². The van der Waals surface area contributed by atoms with Gasteiger partial charge in [-0.15, -0.1) is 0 Å². The Balaban J connectivity index is 1.40. The lowest BCUT2D eigenvalue weighted by molar-refractivity contribution is 0.865. The van der Waals surface area contributed by atoms with E-state index in [4.69, 9.17) is 0 Å². The van der Waals surface area contributed by atoms with Crippen LogP contribution in [0.3, 0.4) is 0 Å². The first-order chi connectivity index (χ1) is 19.9. The number of para-hydroxylation sites is 3. The third-order valence-corrected chi connectivity index (χ3v) is 21.0. The SMILES string of the molecule is CC(C)c1cc(C2=CCC[SH]3(C)(C)c4ccccc4NC23)c2c(c1)N1c3ccccc3[SH](C)(C)(C)c3cccc(c31)B2. The summed E-state index contributed by atoms with van der Waals surface area (Å²) in [7, 11) is -3.57. The Kier molecular flexibility index (Phi) is 5.14. The Labute approximate surface area is 253 Å². The standard InChI is InChI=1S/C37H45BN2S2/c1-24(2)25-22-27(26-14-13-21-42(6,7)32-18-10-8-16-29(32)39-37(26)42)35-31(23-25)40-30-17-9-11-19-33(30)41(3,4,5)34-20-12-15-28(38-35)36(34)40/h8-12,14-20,22-24,37-39,41-42H,13,21H2,1-7H3. The molecule has 2 nitrogen and oxygen atoms in total. The van der Waals surface area contributed by atoms with Gasteiger partial charge in [-0.1, -0.05) is 67.9 Å². The van der Waals surface area contributed by atoms with Crippen LogP contribution in [-0.4, -0.2) is 49.7 Å². The number of nitrogens with zero attached hydrogens (tertiary/aromatic N) is 1. The van der Waals surface area contributed by atoms with Gasteiger partial charge in [-0.05, 0) is 108 Å². The highest BCUT2D eigenvalue weighted by molar-refractivity contribution is 8.49. The molecule has 5 heteroatoms. The number of benzene rings is 4. The number of hydrogen-bond acceptors (Lipinski definition) is 2. The molecule has 0 saturated heterocycles. The largest absolute Gasteiger partial charge is 0.371 e. The van der Waals surface area contributed by atoms with E-state index in [0.29, 0.717) is 11.3 Å². The molecule has 8 rings (SSSR count). The van der Waals surface area contributed by atoms with E-state index in [9.17, 15) is 0 Å². The smallest absolute Gasteiger partial charge is 0.198 e. The van der Waals surface area contributed by atoms with Gasteiger partial charge in [-0.2, -0.15) is 0 Å². The molecule has 0 aliphatic carbocycles. The summed E-state index contributed by atoms with van der Waals surface area (Å²) in [6, 6.07) is 30.7. The summed E-state index contributed by atoms with van der Waals surface area (Å²) < 4.78 is 0. The Morgan fingerprint density at radius 3 is 2.31 bits per heavy atom. The first-order valence-electron chi connectivity index (χ1n) is 15.6. The maximum atomic E-state index is 4.10. The summed E-state index contributed by atoms with van der Waals surface area (Å²) in [6.07, 6.45) is 16.7. The fraction of sp³-hybridized carbons (Fsp3) is 0.297. The molecule has 42 heavy (non-hydrogen) atoms. The molecule has 0 aromatic heterocycles. The molecule has 4 aromatic rings. The minimum absolute atomic E-state index is 0.361. The highest BCUT2D eigenvalue weighted by atomic mass is 32.3. The van der Waals surface area contributed by atoms with Gasteiger partial charge in [-0.3, -0.25) is 0 Å². The molecule has 1 N–H and O–H groups in total. The van der Waals surface area contributed by atoms with Crippen LogP contribution in [-0.2, 0) is 0 Å². The van der Waals surface area contributed by atoms with Crippen molar-refractivity contribution >= 4 is 64.9 Å². The summed E-state index contributed by atoms with van der Waals surface area (Å²) in [6.45, 7) is 4.71. The monoisotopic (exact) mass is 592 g/mol. The van der Waals surface area contributed by atoms with Crippen molar-refractivity contribution in [3.63, 3.8) is 0 Å². The van der Waals surface area contributed by atoms with E-state index in [1.807, 2.05) is 0 Å². The van der Waals surface area contributed by atoms with Gasteiger partial charge in [-0.25, -0.2) is 18.3 Å². The second kappa shape index (κ2) is 8.12. The van der Waals surface area contributed by atoms with E-state index in [1.54, 1.807) is 9.79 Å². The summed E-state index contributed by atoms with van der Waals surface area (Å²) in [5, 5.41) is 4.46. The van der Waals surface area contributed by atoms with E-state index in [-0.39, 0.29) is 0 Å². The number of hydrogen-bond donors (Lipinski definition) is 3. The predicted molar refractivity (Wildman–Crippen MR) is 195 cm³/mol. The normalized spacial score (nSPS) is 24.4. The van der Waals surface area contributed by atoms with Crippen molar-refractivity contribution in [3.05, 3.63) is 96.1 Å². The molecule has 218 valence electrons. The molecule has 4 aliphatic heterocycles. The van der Waals surface area contributed by atoms with Crippen LogP contribution in [0.4, 0.5) is 22.7 Å². The van der Waals surface area contributed by atoms with Crippen LogP contribution in [0.2, 0.25) is 0 Å². The maximum absolute atomic E-state index is 4.10. The van der Waals surface area contributed by atoms with Crippen LogP contribution in [0.1, 0.15) is 37.3 Å². The minimum Gasteiger partial charge on any atom is -0.371 e. The van der Waals surface area contributed by atoms with Gasteiger partial charge in [0.25, 0.3) is 0 Å². The second-order valence-corrected chi connectivity index (χ2v) is 28.6. The van der Waals surface area contributed by atoms with E-state index in [2.05, 4.69) is 140 Å². The fourth-order valence-electron chi connectivity index (χ4n) is 8.76. The van der Waals surface area contributed by atoms with Gasteiger partial charge in [0.1, 0.15) is 0 Å². The van der Waals surface area contributed by atoms with Crippen molar-refractivity contribution in [3.8, 4) is 0 Å². The molecular formula is C37H45BN2S2. The lowest BCUT2D eigenvalue weighted by atomic mass is 9.57. The van der Waals surface area contributed by atoms with Crippen LogP contribution < -0.4 is 21.1 Å². The predicted octanol–water partition coefficient (Wildman–Crippen LogP) is 7.60. The topological polar surface area (TPSA) is 15.3 Å². The molecule has 0 amide bonds. The van der Waals surface area contributed by atoms with Gasteiger partial charge < -0.3 is 10.2 Å². The van der Waals surface area contributed by atoms with E-state index < -0.39 is 18.3 Å². The maximum Gasteiger partial charge on any atom is 0.198 e. The van der Waals surface area contributed by atoms with Gasteiger partial charge in [0.15, 0.2) is 7.28 Å². The van der Waals surface area contributed by atoms with E-state index in [1.165, 1.54) is 61.0 Å². The molecule has 0 fully saturated rings. The Morgan fingerprint density at radius 2 is 1.52 bits per heavy atom. The minimum atomic E-state index is -2.32. The zero-order chi connectivity index (χ0) is 29.3. The first-order valence-corrected chi connectivity index (χ1v) is 22.6. The first kappa shape index (κ1) is 26.6. The number of rotatable bonds is 2. The van der Waals surface area contributed by atoms with Gasteiger partial charge in [0.2, 0.25) is 0 Å². The number of allylic oxidation sites excluding steroid dienone is 1. The molecule has 1 atom stereocenters. The van der Waals surface area contributed by atoms with Crippen LogP contribution in [0.25, 0.3) is 5.57 Å². The Hall–Kier alpha value is -3.02. The molecule has 0 radical (unpaired) electrons. The van der Waals surface area contributed by atoms with Crippen molar-refractivity contribution in [2.45, 2.75) is 46.2 Å². The molecular weight excluding hydrogens is 547 g/mol. The second-order valence-electron chi connectivity index (χ2n) is 15.6. The van der Waals surface area contributed by atoms with E-state index >= 15 is 0 Å². The van der Waals surface area contributed by atoms with Crippen molar-refractivity contribution in [1.82, 2.24) is 0 Å². The molecule has 0 bridgehead atoms. The summed E-state index contributed by atoms with van der Waals surface area (Å²) >= 11 is 0. The third-order valence-electron chi connectivity index (χ3n) is 11.3. The van der Waals surface area contributed by atoms with Gasteiger partial charge in [0.05, 0.1) is 16.7 Å². The number of fused-ring (bicyclic) bond motifs is 7. The van der Waals surface area contributed by atoms with Crippen molar-refractivity contribution < 1.29 is 0 Å². The quantitative estimate of drug-likeness (QED) is 0.145. The Morgan fingerprint density at radius 1 is 0.810 bits per heavy atom. The molecule has 4 aromatic carbocycles. The third kappa shape index (κ3) is 3.27. The van der Waals surface area contributed by atoms with Crippen LogP contribution >= 0.6 is 18.3 Å². The van der Waals surface area contributed by atoms with Crippen LogP contribution in [0, 0.1) is 0 Å². The number of thiol groups is 2. The van der Waals surface area contributed by atoms with Crippen molar-refractivity contribution in [2.24, 2.45) is 0 Å². The average Bonchev–Trinajstić information content (AvgIpc) is 3.22. The zero-order valence-electron chi connectivity index (χ0n) is 26.2. The molecule has 4 heterocycles. The highest BCUT2D eigenvalue weighted by Crippen LogP contribution is 2.82. The highest BCUT2D eigenvalue weighted by Gasteiger charge is 2.51. The summed E-state index contributed by atoms with van der Waals surface area (Å²) in [5.41, 5.74) is 13.0. The molecule has 1 unspecified atom stereocenters. The summed E-state index contributed by atoms with van der Waals surface area (Å²) in [5.74, 6) is 1.72. The van der Waals surface area contributed by atoms with Gasteiger partial charge in [0, 0.05) is 26.1 Å². The molecule has 4 aliphatic rings. The molecule has 0 spiro atoms. The Bertz CT molecular complexity index is 1880. The zero-order valence-corrected chi connectivity index (χ0v) is 28.0. The van der Waals surface area contributed by atoms with Crippen molar-refractivity contribution in [2.75, 3.05) is 47.2 Å². The summed E-state index contributed by atoms with van der Waals surface area (Å²) in [4.78, 5) is 7.33. The van der Waals surface area contributed by atoms with Crippen molar-refractivity contribution in [1.29, 1.82) is 0 Å². The fourth-order valence-corrected chi connectivity index (χ4v) is 17.1.